The van der Waals surface area contributed by atoms with Crippen molar-refractivity contribution in [3.63, 3.8) is 0 Å². The van der Waals surface area contributed by atoms with Crippen LogP contribution in [-0.2, 0) is 6.42 Å². The standard InChI is InChI=1S/C12H15N/c1-3-11-5-4-6-12(9-11)8-7-10(2)13/h1,4-6,9-10H,7-8,13H2,2H3/t10-/m0/s1. The van der Waals surface area contributed by atoms with E-state index in [0.29, 0.717) is 0 Å². The molecule has 1 aromatic carbocycles. The Hall–Kier alpha value is -1.26. The van der Waals surface area contributed by atoms with Gasteiger partial charge in [0.2, 0.25) is 0 Å². The van der Waals surface area contributed by atoms with Gasteiger partial charge in [0, 0.05) is 11.6 Å². The van der Waals surface area contributed by atoms with E-state index in [2.05, 4.69) is 12.0 Å². The van der Waals surface area contributed by atoms with Crippen molar-refractivity contribution >= 4 is 0 Å². The molecule has 0 fully saturated rings. The fraction of sp³-hybridized carbons (Fsp3) is 0.333. The van der Waals surface area contributed by atoms with E-state index >= 15 is 0 Å². The van der Waals surface area contributed by atoms with E-state index in [1.54, 1.807) is 0 Å². The zero-order chi connectivity index (χ0) is 9.68. The SMILES string of the molecule is C#Cc1cccc(CC[C@H](C)N)c1. The van der Waals surface area contributed by atoms with Gasteiger partial charge in [-0.2, -0.15) is 0 Å². The molecule has 1 atom stereocenters. The van der Waals surface area contributed by atoms with Crippen LogP contribution in [0.25, 0.3) is 0 Å². The summed E-state index contributed by atoms with van der Waals surface area (Å²) in [4.78, 5) is 0. The molecule has 0 radical (unpaired) electrons. The number of hydrogen-bond donors (Lipinski definition) is 1. The minimum absolute atomic E-state index is 0.259. The molecule has 1 nitrogen and oxygen atoms in total. The average molecular weight is 173 g/mol. The third-order valence-corrected chi connectivity index (χ3v) is 1.98. The lowest BCUT2D eigenvalue weighted by Crippen LogP contribution is -2.15. The van der Waals surface area contributed by atoms with Crippen LogP contribution in [-0.4, -0.2) is 6.04 Å². The maximum atomic E-state index is 5.67. The van der Waals surface area contributed by atoms with Gasteiger partial charge in [0.1, 0.15) is 0 Å². The van der Waals surface area contributed by atoms with E-state index in [4.69, 9.17) is 12.2 Å². The Morgan fingerprint density at radius 3 is 2.92 bits per heavy atom. The first-order valence-electron chi connectivity index (χ1n) is 4.53. The summed E-state index contributed by atoms with van der Waals surface area (Å²) in [5.41, 5.74) is 7.89. The fourth-order valence-electron chi connectivity index (χ4n) is 1.21. The van der Waals surface area contributed by atoms with Gasteiger partial charge in [0.15, 0.2) is 0 Å². The third kappa shape index (κ3) is 3.31. The second-order valence-electron chi connectivity index (χ2n) is 3.36. The first-order valence-corrected chi connectivity index (χ1v) is 4.53. The Morgan fingerprint density at radius 1 is 1.54 bits per heavy atom. The molecule has 2 N–H and O–H groups in total. The van der Waals surface area contributed by atoms with Crippen molar-refractivity contribution in [3.8, 4) is 12.3 Å². The lowest BCUT2D eigenvalue weighted by atomic mass is 10.0. The van der Waals surface area contributed by atoms with Crippen molar-refractivity contribution in [2.24, 2.45) is 5.73 Å². The summed E-state index contributed by atoms with van der Waals surface area (Å²) in [6, 6.07) is 8.32. The molecule has 0 bridgehead atoms. The average Bonchev–Trinajstić information content (AvgIpc) is 2.15. The van der Waals surface area contributed by atoms with E-state index in [1.165, 1.54) is 5.56 Å². The maximum absolute atomic E-state index is 5.67. The summed E-state index contributed by atoms with van der Waals surface area (Å²) < 4.78 is 0. The molecule has 0 heterocycles. The van der Waals surface area contributed by atoms with Crippen molar-refractivity contribution in [1.82, 2.24) is 0 Å². The molecule has 0 saturated carbocycles. The first-order chi connectivity index (χ1) is 6.22. The predicted octanol–water partition coefficient (Wildman–Crippen LogP) is 1.95. The molecule has 0 aliphatic carbocycles. The second kappa shape index (κ2) is 4.69. The van der Waals surface area contributed by atoms with Gasteiger partial charge < -0.3 is 5.73 Å². The molecule has 1 aromatic rings. The van der Waals surface area contributed by atoms with Crippen molar-refractivity contribution in [3.05, 3.63) is 35.4 Å². The van der Waals surface area contributed by atoms with Gasteiger partial charge in [0.25, 0.3) is 0 Å². The Morgan fingerprint density at radius 2 is 2.31 bits per heavy atom. The van der Waals surface area contributed by atoms with Crippen molar-refractivity contribution < 1.29 is 0 Å². The van der Waals surface area contributed by atoms with Crippen LogP contribution in [0.2, 0.25) is 0 Å². The molecule has 0 unspecified atom stereocenters. The topological polar surface area (TPSA) is 26.0 Å². The summed E-state index contributed by atoms with van der Waals surface area (Å²) in [6.07, 6.45) is 7.32. The van der Waals surface area contributed by atoms with Crippen LogP contribution < -0.4 is 5.73 Å². The monoisotopic (exact) mass is 173 g/mol. The maximum Gasteiger partial charge on any atom is 0.0245 e. The summed E-state index contributed by atoms with van der Waals surface area (Å²) in [7, 11) is 0. The fourth-order valence-corrected chi connectivity index (χ4v) is 1.21. The molecule has 0 aliphatic heterocycles. The predicted molar refractivity (Wildman–Crippen MR) is 56.3 cm³/mol. The highest BCUT2D eigenvalue weighted by Gasteiger charge is 1.97. The molecule has 68 valence electrons. The summed E-state index contributed by atoms with van der Waals surface area (Å²) in [6.45, 7) is 2.02. The smallest absolute Gasteiger partial charge is 0.0245 e. The van der Waals surface area contributed by atoms with Crippen molar-refractivity contribution in [2.75, 3.05) is 0 Å². The molecule has 1 rings (SSSR count). The highest BCUT2D eigenvalue weighted by molar-refractivity contribution is 5.35. The van der Waals surface area contributed by atoms with Crippen LogP contribution >= 0.6 is 0 Å². The number of nitrogens with two attached hydrogens (primary N) is 1. The van der Waals surface area contributed by atoms with Gasteiger partial charge >= 0.3 is 0 Å². The summed E-state index contributed by atoms with van der Waals surface area (Å²) >= 11 is 0. The van der Waals surface area contributed by atoms with Crippen LogP contribution in [0.4, 0.5) is 0 Å². The largest absolute Gasteiger partial charge is 0.328 e. The van der Waals surface area contributed by atoms with Gasteiger partial charge in [-0.15, -0.1) is 6.42 Å². The van der Waals surface area contributed by atoms with Gasteiger partial charge in [-0.1, -0.05) is 18.1 Å². The second-order valence-corrected chi connectivity index (χ2v) is 3.36. The molecule has 0 spiro atoms. The number of benzene rings is 1. The zero-order valence-corrected chi connectivity index (χ0v) is 7.96. The van der Waals surface area contributed by atoms with Gasteiger partial charge in [-0.25, -0.2) is 0 Å². The Kier molecular flexibility index (Phi) is 3.54. The van der Waals surface area contributed by atoms with Gasteiger partial charge in [-0.05, 0) is 37.5 Å². The highest BCUT2D eigenvalue weighted by Crippen LogP contribution is 2.07. The lowest BCUT2D eigenvalue weighted by molar-refractivity contribution is 0.666. The highest BCUT2D eigenvalue weighted by atomic mass is 14.6. The molecule has 13 heavy (non-hydrogen) atoms. The van der Waals surface area contributed by atoms with Gasteiger partial charge in [0.05, 0.1) is 0 Å². The Balaban J connectivity index is 2.63. The van der Waals surface area contributed by atoms with Crippen LogP contribution in [0.5, 0.6) is 0 Å². The van der Waals surface area contributed by atoms with Crippen LogP contribution in [0.1, 0.15) is 24.5 Å². The van der Waals surface area contributed by atoms with E-state index in [1.807, 2.05) is 25.1 Å². The minimum Gasteiger partial charge on any atom is -0.328 e. The normalized spacial score (nSPS) is 12.1. The molecular formula is C12H15N. The van der Waals surface area contributed by atoms with Crippen molar-refractivity contribution in [2.45, 2.75) is 25.8 Å². The molecule has 0 saturated heterocycles. The molecule has 1 heteroatoms. The Bertz CT molecular complexity index is 307. The molecule has 0 amide bonds. The van der Waals surface area contributed by atoms with E-state index < -0.39 is 0 Å². The number of aryl methyl sites for hydroxylation is 1. The van der Waals surface area contributed by atoms with E-state index in [-0.39, 0.29) is 6.04 Å². The number of hydrogen-bond acceptors (Lipinski definition) is 1. The van der Waals surface area contributed by atoms with Crippen LogP contribution in [0.3, 0.4) is 0 Å². The minimum atomic E-state index is 0.259. The quantitative estimate of drug-likeness (QED) is 0.695. The zero-order valence-electron chi connectivity index (χ0n) is 7.96. The Labute approximate surface area is 80.0 Å². The lowest BCUT2D eigenvalue weighted by Gasteiger charge is -2.04. The number of terminal acetylenes is 1. The van der Waals surface area contributed by atoms with Crippen LogP contribution in [0.15, 0.2) is 24.3 Å². The third-order valence-electron chi connectivity index (χ3n) is 1.98. The van der Waals surface area contributed by atoms with Crippen molar-refractivity contribution in [1.29, 1.82) is 0 Å². The molecular weight excluding hydrogens is 158 g/mol. The summed E-state index contributed by atoms with van der Waals surface area (Å²) in [5.74, 6) is 2.62. The van der Waals surface area contributed by atoms with E-state index in [9.17, 15) is 0 Å². The van der Waals surface area contributed by atoms with E-state index in [0.717, 1.165) is 18.4 Å². The summed E-state index contributed by atoms with van der Waals surface area (Å²) in [5, 5.41) is 0. The molecule has 0 aromatic heterocycles. The molecule has 0 aliphatic rings. The first kappa shape index (κ1) is 9.83. The van der Waals surface area contributed by atoms with Gasteiger partial charge in [-0.3, -0.25) is 0 Å². The number of rotatable bonds is 3. The van der Waals surface area contributed by atoms with Crippen LogP contribution in [0, 0.1) is 12.3 Å².